The third-order valence-electron chi connectivity index (χ3n) is 2.67. The van der Waals surface area contributed by atoms with Crippen LogP contribution in [0.1, 0.15) is 17.2 Å². The Morgan fingerprint density at radius 2 is 1.89 bits per heavy atom. The summed E-state index contributed by atoms with van der Waals surface area (Å²) in [6, 6.07) is 11.8. The molecule has 0 aliphatic rings. The Labute approximate surface area is 123 Å². The highest BCUT2D eigenvalue weighted by molar-refractivity contribution is 9.10. The van der Waals surface area contributed by atoms with Gasteiger partial charge in [0.05, 0.1) is 0 Å². The molecule has 0 aliphatic carbocycles. The van der Waals surface area contributed by atoms with Crippen LogP contribution in [-0.2, 0) is 0 Å². The average Bonchev–Trinajstić information content (AvgIpc) is 2.42. The van der Waals surface area contributed by atoms with Gasteiger partial charge in [-0.25, -0.2) is 4.39 Å². The molecular weight excluding hydrogens is 335 g/mol. The normalized spacial score (nSPS) is 12.2. The molecule has 0 fully saturated rings. The van der Waals surface area contributed by atoms with Gasteiger partial charge in [0.15, 0.2) is 0 Å². The van der Waals surface area contributed by atoms with Crippen LogP contribution < -0.4 is 4.74 Å². The molecule has 1 N–H and O–H groups in total. The number of hydrogen-bond acceptors (Lipinski definition) is 2. The predicted molar refractivity (Wildman–Crippen MR) is 76.3 cm³/mol. The van der Waals surface area contributed by atoms with Crippen LogP contribution in [0.3, 0.4) is 0 Å². The third-order valence-corrected chi connectivity index (χ3v) is 3.51. The number of benzene rings is 2. The number of alkyl halides is 1. The zero-order chi connectivity index (χ0) is 13.8. The van der Waals surface area contributed by atoms with Crippen LogP contribution in [0.5, 0.6) is 5.75 Å². The van der Waals surface area contributed by atoms with Crippen LogP contribution in [0.15, 0.2) is 46.9 Å². The van der Waals surface area contributed by atoms with E-state index in [2.05, 4.69) is 15.9 Å². The Morgan fingerprint density at radius 3 is 2.53 bits per heavy atom. The Bertz CT molecular complexity index is 560. The molecule has 0 spiro atoms. The number of aliphatic hydroxyl groups excluding tert-OH is 1. The lowest BCUT2D eigenvalue weighted by Crippen LogP contribution is -2.01. The minimum atomic E-state index is -0.876. The largest absolute Gasteiger partial charge is 0.463 e. The molecule has 5 heteroatoms. The minimum absolute atomic E-state index is 0.416. The Hall–Kier alpha value is -1.10. The van der Waals surface area contributed by atoms with Crippen LogP contribution in [0.25, 0.3) is 0 Å². The molecule has 0 bridgehead atoms. The molecule has 19 heavy (non-hydrogen) atoms. The number of rotatable bonds is 4. The zero-order valence-electron chi connectivity index (χ0n) is 9.82. The van der Waals surface area contributed by atoms with Gasteiger partial charge in [-0.1, -0.05) is 39.7 Å². The highest BCUT2D eigenvalue weighted by Gasteiger charge is 2.14. The average molecular weight is 346 g/mol. The number of hydrogen-bond donors (Lipinski definition) is 1. The molecule has 1 unspecified atom stereocenters. The molecule has 0 radical (unpaired) electrons. The third kappa shape index (κ3) is 3.47. The van der Waals surface area contributed by atoms with Gasteiger partial charge in [0.1, 0.15) is 11.9 Å². The van der Waals surface area contributed by atoms with Crippen molar-refractivity contribution in [2.24, 2.45) is 0 Å². The van der Waals surface area contributed by atoms with Crippen molar-refractivity contribution in [2.45, 2.75) is 6.10 Å². The van der Waals surface area contributed by atoms with Gasteiger partial charge in [-0.05, 0) is 35.9 Å². The summed E-state index contributed by atoms with van der Waals surface area (Å²) < 4.78 is 17.5. The van der Waals surface area contributed by atoms with E-state index in [-0.39, 0.29) is 0 Å². The van der Waals surface area contributed by atoms with Gasteiger partial charge in [-0.2, -0.15) is 0 Å². The lowest BCUT2D eigenvalue weighted by Gasteiger charge is -2.14. The van der Waals surface area contributed by atoms with E-state index in [9.17, 15) is 9.50 Å². The fraction of sp³-hybridized carbons (Fsp3) is 0.143. The van der Waals surface area contributed by atoms with E-state index in [0.29, 0.717) is 21.9 Å². The maximum absolute atomic E-state index is 12.0. The monoisotopic (exact) mass is 344 g/mol. The molecule has 0 saturated heterocycles. The second-order valence-electron chi connectivity index (χ2n) is 3.89. The van der Waals surface area contributed by atoms with Crippen molar-refractivity contribution in [3.05, 3.63) is 63.1 Å². The van der Waals surface area contributed by atoms with Gasteiger partial charge in [-0.15, -0.1) is 0 Å². The highest BCUT2D eigenvalue weighted by Crippen LogP contribution is 2.31. The molecule has 100 valence electrons. The van der Waals surface area contributed by atoms with Gasteiger partial charge < -0.3 is 9.84 Å². The summed E-state index contributed by atoms with van der Waals surface area (Å²) in [6.45, 7) is -0.876. The maximum atomic E-state index is 12.0. The maximum Gasteiger partial charge on any atom is 0.228 e. The first-order valence-electron chi connectivity index (χ1n) is 5.53. The molecule has 0 saturated carbocycles. The molecule has 0 aliphatic heterocycles. The van der Waals surface area contributed by atoms with Crippen LogP contribution in [-0.4, -0.2) is 12.0 Å². The fourth-order valence-electron chi connectivity index (χ4n) is 1.71. The van der Waals surface area contributed by atoms with E-state index in [4.69, 9.17) is 16.3 Å². The smallest absolute Gasteiger partial charge is 0.228 e. The van der Waals surface area contributed by atoms with E-state index >= 15 is 0 Å². The first-order chi connectivity index (χ1) is 9.11. The predicted octanol–water partition coefficient (Wildman–Crippen LogP) is 4.49. The van der Waals surface area contributed by atoms with Gasteiger partial charge in [0.2, 0.25) is 6.86 Å². The Kier molecular flexibility index (Phi) is 4.80. The van der Waals surface area contributed by atoms with Crippen molar-refractivity contribution in [3.8, 4) is 5.75 Å². The number of aliphatic hydroxyl groups is 1. The van der Waals surface area contributed by atoms with Crippen molar-refractivity contribution in [1.29, 1.82) is 0 Å². The van der Waals surface area contributed by atoms with Gasteiger partial charge >= 0.3 is 0 Å². The molecule has 2 aromatic carbocycles. The molecule has 1 atom stereocenters. The zero-order valence-corrected chi connectivity index (χ0v) is 12.2. The molecule has 0 aromatic heterocycles. The van der Waals surface area contributed by atoms with E-state index in [1.54, 1.807) is 42.5 Å². The lowest BCUT2D eigenvalue weighted by molar-refractivity contribution is 0.191. The van der Waals surface area contributed by atoms with Crippen LogP contribution in [0.2, 0.25) is 5.02 Å². The molecular formula is C14H11BrClFO2. The summed E-state index contributed by atoms with van der Waals surface area (Å²) in [6.07, 6.45) is -0.843. The van der Waals surface area contributed by atoms with Gasteiger partial charge in [0, 0.05) is 15.1 Å². The van der Waals surface area contributed by atoms with E-state index in [0.717, 1.165) is 4.47 Å². The quantitative estimate of drug-likeness (QED) is 0.884. The first kappa shape index (κ1) is 14.3. The van der Waals surface area contributed by atoms with Crippen LogP contribution >= 0.6 is 27.5 Å². The summed E-state index contributed by atoms with van der Waals surface area (Å²) in [5, 5.41) is 10.8. The summed E-state index contributed by atoms with van der Waals surface area (Å²) in [5.41, 5.74) is 1.27. The number of halogens is 3. The van der Waals surface area contributed by atoms with Crippen molar-refractivity contribution >= 4 is 27.5 Å². The summed E-state index contributed by atoms with van der Waals surface area (Å²) in [7, 11) is 0. The van der Waals surface area contributed by atoms with Crippen LogP contribution in [0.4, 0.5) is 4.39 Å². The van der Waals surface area contributed by atoms with Gasteiger partial charge in [-0.3, -0.25) is 0 Å². The summed E-state index contributed by atoms with van der Waals surface area (Å²) in [5.74, 6) is 0.416. The molecule has 0 heterocycles. The first-order valence-corrected chi connectivity index (χ1v) is 6.70. The second-order valence-corrected chi connectivity index (χ2v) is 5.21. The molecule has 0 amide bonds. The lowest BCUT2D eigenvalue weighted by atomic mass is 10.0. The van der Waals surface area contributed by atoms with E-state index in [1.807, 2.05) is 0 Å². The SMILES string of the molecule is OC(c1ccc(OCF)cc1)c1cc(Br)ccc1Cl. The van der Waals surface area contributed by atoms with Crippen molar-refractivity contribution < 1.29 is 14.2 Å². The Balaban J connectivity index is 2.27. The van der Waals surface area contributed by atoms with Crippen molar-refractivity contribution in [1.82, 2.24) is 0 Å². The molecule has 2 rings (SSSR count). The summed E-state index contributed by atoms with van der Waals surface area (Å²) >= 11 is 9.40. The standard InChI is InChI=1S/C14H11BrClFO2/c15-10-3-6-13(16)12(7-10)14(18)9-1-4-11(5-2-9)19-8-17/h1-7,14,18H,8H2. The highest BCUT2D eigenvalue weighted by atomic mass is 79.9. The van der Waals surface area contributed by atoms with E-state index < -0.39 is 13.0 Å². The topological polar surface area (TPSA) is 29.5 Å². The summed E-state index contributed by atoms with van der Waals surface area (Å²) in [4.78, 5) is 0. The second kappa shape index (κ2) is 6.37. The van der Waals surface area contributed by atoms with Crippen molar-refractivity contribution in [2.75, 3.05) is 6.86 Å². The number of ether oxygens (including phenoxy) is 1. The van der Waals surface area contributed by atoms with E-state index in [1.165, 1.54) is 0 Å². The van der Waals surface area contributed by atoms with Gasteiger partial charge in [0.25, 0.3) is 0 Å². The van der Waals surface area contributed by atoms with Crippen LogP contribution in [0, 0.1) is 0 Å². The minimum Gasteiger partial charge on any atom is -0.463 e. The fourth-order valence-corrected chi connectivity index (χ4v) is 2.31. The molecule has 2 aromatic rings. The Morgan fingerprint density at radius 1 is 1.21 bits per heavy atom. The molecule has 2 nitrogen and oxygen atoms in total. The van der Waals surface area contributed by atoms with Crippen molar-refractivity contribution in [3.63, 3.8) is 0 Å².